The number of anilines is 2. The Labute approximate surface area is 163 Å². The number of thiazole rings is 2. The highest BCUT2D eigenvalue weighted by Gasteiger charge is 2.18. The van der Waals surface area contributed by atoms with E-state index < -0.39 is 5.91 Å². The summed E-state index contributed by atoms with van der Waals surface area (Å²) in [7, 11) is 0. The van der Waals surface area contributed by atoms with Crippen molar-refractivity contribution >= 4 is 65.2 Å². The van der Waals surface area contributed by atoms with Gasteiger partial charge in [-0.3, -0.25) is 9.59 Å². The molecular weight excluding hydrogens is 384 g/mol. The molecule has 1 aliphatic rings. The molecule has 27 heavy (non-hydrogen) atoms. The van der Waals surface area contributed by atoms with Gasteiger partial charge < -0.3 is 21.3 Å². The number of carbonyl (C=O) groups excluding carboxylic acids is 2. The van der Waals surface area contributed by atoms with Crippen molar-refractivity contribution < 1.29 is 9.59 Å². The molecule has 3 heterocycles. The zero-order valence-electron chi connectivity index (χ0n) is 14.9. The first-order chi connectivity index (χ1) is 13.0. The van der Waals surface area contributed by atoms with E-state index in [0.717, 1.165) is 57.1 Å². The summed E-state index contributed by atoms with van der Waals surface area (Å²) in [4.78, 5) is 34.2. The fourth-order valence-corrected chi connectivity index (χ4v) is 5.17. The molecule has 10 heteroatoms. The minimum absolute atomic E-state index is 0.0601. The van der Waals surface area contributed by atoms with Crippen molar-refractivity contribution in [2.75, 3.05) is 36.8 Å². The lowest BCUT2D eigenvalue weighted by Crippen LogP contribution is -2.32. The monoisotopic (exact) mass is 404 g/mol. The van der Waals surface area contributed by atoms with Gasteiger partial charge in [0.1, 0.15) is 0 Å². The van der Waals surface area contributed by atoms with Gasteiger partial charge in [0.2, 0.25) is 11.8 Å². The minimum Gasteiger partial charge on any atom is -0.368 e. The van der Waals surface area contributed by atoms with Crippen molar-refractivity contribution in [1.29, 1.82) is 0 Å². The van der Waals surface area contributed by atoms with Crippen LogP contribution in [0.25, 0.3) is 20.4 Å². The van der Waals surface area contributed by atoms with E-state index in [9.17, 15) is 9.59 Å². The third-order valence-electron chi connectivity index (χ3n) is 4.54. The van der Waals surface area contributed by atoms with Crippen molar-refractivity contribution in [3.8, 4) is 0 Å². The van der Waals surface area contributed by atoms with Crippen LogP contribution in [0.5, 0.6) is 0 Å². The van der Waals surface area contributed by atoms with Gasteiger partial charge in [-0.25, -0.2) is 9.97 Å². The van der Waals surface area contributed by atoms with Gasteiger partial charge in [-0.1, -0.05) is 22.7 Å². The van der Waals surface area contributed by atoms with E-state index in [0.29, 0.717) is 5.13 Å². The molecule has 2 aromatic heterocycles. The molecule has 1 aliphatic heterocycles. The predicted octanol–water partition coefficient (Wildman–Crippen LogP) is 2.15. The summed E-state index contributed by atoms with van der Waals surface area (Å²) >= 11 is 3.01. The largest absolute Gasteiger partial charge is 0.368 e. The van der Waals surface area contributed by atoms with Crippen molar-refractivity contribution in [2.24, 2.45) is 5.73 Å². The second-order valence-corrected chi connectivity index (χ2v) is 8.56. The van der Waals surface area contributed by atoms with Crippen LogP contribution in [0.2, 0.25) is 0 Å². The first-order valence-corrected chi connectivity index (χ1v) is 10.4. The van der Waals surface area contributed by atoms with Gasteiger partial charge in [0.15, 0.2) is 10.3 Å². The van der Waals surface area contributed by atoms with Crippen LogP contribution in [0, 0.1) is 6.92 Å². The lowest BCUT2D eigenvalue weighted by atomic mass is 10.2. The second kappa shape index (κ2) is 7.28. The molecule has 1 fully saturated rings. The number of nitrogens with zero attached hydrogens (tertiary/aromatic N) is 3. The third-order valence-corrected chi connectivity index (χ3v) is 6.46. The SMILES string of the molecule is Cc1c2nc(NCC(N)=O)sc2cc2sc(NCC(=O)N3CCCC3)nc12. The summed E-state index contributed by atoms with van der Waals surface area (Å²) in [6.07, 6.45) is 2.18. The van der Waals surface area contributed by atoms with E-state index in [4.69, 9.17) is 5.73 Å². The maximum atomic E-state index is 12.2. The Balaban J connectivity index is 1.54. The van der Waals surface area contributed by atoms with Gasteiger partial charge in [-0.2, -0.15) is 0 Å². The number of benzene rings is 1. The van der Waals surface area contributed by atoms with Gasteiger partial charge in [-0.15, -0.1) is 0 Å². The van der Waals surface area contributed by atoms with E-state index in [2.05, 4.69) is 26.7 Å². The number of hydrogen-bond donors (Lipinski definition) is 3. The Hall–Kier alpha value is -2.46. The Bertz CT molecular complexity index is 1020. The molecule has 4 rings (SSSR count). The van der Waals surface area contributed by atoms with Crippen molar-refractivity contribution in [1.82, 2.24) is 14.9 Å². The van der Waals surface area contributed by atoms with E-state index in [-0.39, 0.29) is 19.0 Å². The van der Waals surface area contributed by atoms with Gasteiger partial charge in [0, 0.05) is 18.7 Å². The molecule has 8 nitrogen and oxygen atoms in total. The molecule has 4 N–H and O–H groups in total. The fourth-order valence-electron chi connectivity index (χ4n) is 3.17. The normalized spacial score (nSPS) is 14.2. The van der Waals surface area contributed by atoms with Crippen molar-refractivity contribution in [3.63, 3.8) is 0 Å². The van der Waals surface area contributed by atoms with Crippen LogP contribution in [0.15, 0.2) is 6.07 Å². The third kappa shape index (κ3) is 3.67. The van der Waals surface area contributed by atoms with Crippen LogP contribution in [0.4, 0.5) is 10.3 Å². The van der Waals surface area contributed by atoms with Gasteiger partial charge in [-0.05, 0) is 25.8 Å². The number of rotatable bonds is 6. The molecule has 0 bridgehead atoms. The highest BCUT2D eigenvalue weighted by molar-refractivity contribution is 7.24. The number of carbonyl (C=O) groups is 2. The maximum Gasteiger partial charge on any atom is 0.241 e. The van der Waals surface area contributed by atoms with Crippen LogP contribution in [0.1, 0.15) is 18.4 Å². The number of fused-ring (bicyclic) bond motifs is 2. The molecule has 0 spiro atoms. The summed E-state index contributed by atoms with van der Waals surface area (Å²) in [6, 6.07) is 2.05. The average molecular weight is 405 g/mol. The summed E-state index contributed by atoms with van der Waals surface area (Å²) < 4.78 is 2.07. The summed E-state index contributed by atoms with van der Waals surface area (Å²) in [5.74, 6) is -0.302. The van der Waals surface area contributed by atoms with Gasteiger partial charge in [0.05, 0.1) is 33.5 Å². The summed E-state index contributed by atoms with van der Waals surface area (Å²) in [5.41, 5.74) is 7.91. The number of nitrogens with one attached hydrogen (secondary N) is 2. The average Bonchev–Trinajstić information content (AvgIpc) is 3.37. The molecule has 1 aromatic carbocycles. The van der Waals surface area contributed by atoms with Crippen LogP contribution in [-0.2, 0) is 9.59 Å². The fraction of sp³-hybridized carbons (Fsp3) is 0.412. The molecule has 0 radical (unpaired) electrons. The van der Waals surface area contributed by atoms with Crippen LogP contribution in [0.3, 0.4) is 0 Å². The van der Waals surface area contributed by atoms with E-state index in [1.807, 2.05) is 11.8 Å². The molecule has 142 valence electrons. The standard InChI is InChI=1S/C17H20N6O2S2/c1-9-14-10(26-16(21-14)19-7-12(18)24)6-11-15(9)22-17(27-11)20-8-13(25)23-4-2-3-5-23/h6H,2-5,7-8H2,1H3,(H2,18,24)(H,19,21)(H,20,22). The number of aryl methyl sites for hydroxylation is 1. The highest BCUT2D eigenvalue weighted by atomic mass is 32.1. The van der Waals surface area contributed by atoms with Crippen LogP contribution in [-0.4, -0.2) is 52.9 Å². The van der Waals surface area contributed by atoms with Crippen molar-refractivity contribution in [2.45, 2.75) is 19.8 Å². The molecular formula is C17H20N6O2S2. The molecule has 3 aromatic rings. The number of aromatic nitrogens is 2. The number of amides is 2. The lowest BCUT2D eigenvalue weighted by molar-refractivity contribution is -0.128. The number of primary amides is 1. The summed E-state index contributed by atoms with van der Waals surface area (Å²) in [5, 5.41) is 7.51. The van der Waals surface area contributed by atoms with Gasteiger partial charge in [0.25, 0.3) is 0 Å². The molecule has 0 aliphatic carbocycles. The predicted molar refractivity (Wildman–Crippen MR) is 110 cm³/mol. The second-order valence-electron chi connectivity index (χ2n) is 6.49. The number of nitrogens with two attached hydrogens (primary N) is 1. The quantitative estimate of drug-likeness (QED) is 0.580. The molecule has 0 saturated carbocycles. The molecule has 1 saturated heterocycles. The number of hydrogen-bond acceptors (Lipinski definition) is 8. The van der Waals surface area contributed by atoms with Gasteiger partial charge >= 0.3 is 0 Å². The zero-order chi connectivity index (χ0) is 19.0. The summed E-state index contributed by atoms with van der Waals surface area (Å²) in [6.45, 7) is 4.03. The lowest BCUT2D eigenvalue weighted by Gasteiger charge is -2.14. The number of likely N-dealkylation sites (tertiary alicyclic amines) is 1. The first kappa shape index (κ1) is 17.9. The van der Waals surface area contributed by atoms with Crippen molar-refractivity contribution in [3.05, 3.63) is 11.6 Å². The highest BCUT2D eigenvalue weighted by Crippen LogP contribution is 2.36. The maximum absolute atomic E-state index is 12.2. The Morgan fingerprint density at radius 1 is 1.07 bits per heavy atom. The molecule has 0 unspecified atom stereocenters. The topological polar surface area (TPSA) is 113 Å². The molecule has 0 atom stereocenters. The Kier molecular flexibility index (Phi) is 4.83. The zero-order valence-corrected chi connectivity index (χ0v) is 16.5. The smallest absolute Gasteiger partial charge is 0.241 e. The van der Waals surface area contributed by atoms with E-state index in [1.165, 1.54) is 22.7 Å². The molecule has 2 amide bonds. The Morgan fingerprint density at radius 3 is 2.19 bits per heavy atom. The van der Waals surface area contributed by atoms with E-state index >= 15 is 0 Å². The first-order valence-electron chi connectivity index (χ1n) is 8.76. The van der Waals surface area contributed by atoms with E-state index in [1.54, 1.807) is 0 Å². The van der Waals surface area contributed by atoms with Crippen LogP contribution >= 0.6 is 22.7 Å². The Morgan fingerprint density at radius 2 is 1.63 bits per heavy atom. The van der Waals surface area contributed by atoms with Crippen LogP contribution < -0.4 is 16.4 Å². The minimum atomic E-state index is -0.423.